The van der Waals surface area contributed by atoms with E-state index in [0.29, 0.717) is 6.42 Å². The van der Waals surface area contributed by atoms with E-state index in [-0.39, 0.29) is 29.9 Å². The number of hydrogen-bond donors (Lipinski definition) is 2. The fourth-order valence-corrected chi connectivity index (χ4v) is 2.33. The molecule has 3 heteroatoms. The molecule has 0 bridgehead atoms. The molecule has 0 aromatic rings. The van der Waals surface area contributed by atoms with Gasteiger partial charge in [0.15, 0.2) is 0 Å². The van der Waals surface area contributed by atoms with Gasteiger partial charge in [0, 0.05) is 18.6 Å². The lowest BCUT2D eigenvalue weighted by atomic mass is 9.84. The van der Waals surface area contributed by atoms with Gasteiger partial charge in [-0.05, 0) is 24.7 Å². The molecule has 0 saturated heterocycles. The molecule has 16 heavy (non-hydrogen) atoms. The zero-order chi connectivity index (χ0) is 12.2. The molecular weight excluding hydrogens is 202 g/mol. The fourth-order valence-electron chi connectivity index (χ4n) is 2.33. The molecule has 0 aliphatic heterocycles. The first-order chi connectivity index (χ1) is 7.45. The molecular formula is C13H25NO2. The third kappa shape index (κ3) is 3.78. The summed E-state index contributed by atoms with van der Waals surface area (Å²) in [5.41, 5.74) is 0.0109. The molecule has 1 rings (SSSR count). The summed E-state index contributed by atoms with van der Waals surface area (Å²) in [5.74, 6) is 0.398. The second kappa shape index (κ2) is 5.67. The highest BCUT2D eigenvalue weighted by molar-refractivity contribution is 5.79. The third-order valence-corrected chi connectivity index (χ3v) is 3.51. The molecule has 1 amide bonds. The number of carbonyl (C=O) groups is 1. The van der Waals surface area contributed by atoms with Crippen molar-refractivity contribution in [2.45, 2.75) is 58.9 Å². The van der Waals surface area contributed by atoms with E-state index in [0.717, 1.165) is 12.8 Å². The quantitative estimate of drug-likeness (QED) is 0.772. The van der Waals surface area contributed by atoms with Gasteiger partial charge in [-0.1, -0.05) is 33.6 Å². The summed E-state index contributed by atoms with van der Waals surface area (Å²) in [6.45, 7) is 6.43. The molecule has 3 nitrogen and oxygen atoms in total. The summed E-state index contributed by atoms with van der Waals surface area (Å²) in [7, 11) is 0. The number of rotatable bonds is 4. The van der Waals surface area contributed by atoms with Crippen molar-refractivity contribution in [3.8, 4) is 0 Å². The minimum absolute atomic E-state index is 0.0109. The normalized spacial score (nSPS) is 19.8. The average Bonchev–Trinajstić information content (AvgIpc) is 2.68. The first-order valence-corrected chi connectivity index (χ1v) is 6.36. The van der Waals surface area contributed by atoms with Gasteiger partial charge in [0.2, 0.25) is 5.91 Å². The van der Waals surface area contributed by atoms with Crippen molar-refractivity contribution in [3.05, 3.63) is 0 Å². The van der Waals surface area contributed by atoms with Crippen LogP contribution in [0.1, 0.15) is 52.9 Å². The standard InChI is InChI=1S/C13H25NO2/c1-13(2,3)11(8-9-15)14-12(16)10-6-4-5-7-10/h10-11,15H,4-9H2,1-3H3,(H,14,16). The van der Waals surface area contributed by atoms with E-state index in [1.54, 1.807) is 0 Å². The van der Waals surface area contributed by atoms with Crippen LogP contribution >= 0.6 is 0 Å². The van der Waals surface area contributed by atoms with Gasteiger partial charge in [-0.2, -0.15) is 0 Å². The molecule has 0 heterocycles. The molecule has 1 unspecified atom stereocenters. The maximum Gasteiger partial charge on any atom is 0.223 e. The first kappa shape index (κ1) is 13.5. The van der Waals surface area contributed by atoms with Crippen LogP contribution < -0.4 is 5.32 Å². The highest BCUT2D eigenvalue weighted by Gasteiger charge is 2.29. The summed E-state index contributed by atoms with van der Waals surface area (Å²) in [4.78, 5) is 12.0. The predicted molar refractivity (Wildman–Crippen MR) is 65.0 cm³/mol. The summed E-state index contributed by atoms with van der Waals surface area (Å²) in [6, 6.07) is 0.0746. The lowest BCUT2D eigenvalue weighted by molar-refractivity contribution is -0.126. The Kier molecular flexibility index (Phi) is 4.78. The highest BCUT2D eigenvalue weighted by atomic mass is 16.3. The van der Waals surface area contributed by atoms with Gasteiger partial charge in [-0.15, -0.1) is 0 Å². The van der Waals surface area contributed by atoms with E-state index in [4.69, 9.17) is 5.11 Å². The maximum atomic E-state index is 12.0. The Morgan fingerprint density at radius 1 is 1.38 bits per heavy atom. The molecule has 1 fully saturated rings. The van der Waals surface area contributed by atoms with Crippen molar-refractivity contribution in [3.63, 3.8) is 0 Å². The number of aliphatic hydroxyl groups is 1. The number of carbonyl (C=O) groups excluding carboxylic acids is 1. The zero-order valence-corrected chi connectivity index (χ0v) is 10.8. The summed E-state index contributed by atoms with van der Waals surface area (Å²) in [6.07, 6.45) is 5.06. The van der Waals surface area contributed by atoms with Crippen LogP contribution in [0.4, 0.5) is 0 Å². The van der Waals surface area contributed by atoms with Crippen LogP contribution in [0.5, 0.6) is 0 Å². The minimum Gasteiger partial charge on any atom is -0.396 e. The van der Waals surface area contributed by atoms with Crippen LogP contribution in [0.2, 0.25) is 0 Å². The largest absolute Gasteiger partial charge is 0.396 e. The van der Waals surface area contributed by atoms with E-state index < -0.39 is 0 Å². The van der Waals surface area contributed by atoms with Crippen LogP contribution in [-0.2, 0) is 4.79 Å². The fraction of sp³-hybridized carbons (Fsp3) is 0.923. The predicted octanol–water partition coefficient (Wildman–Crippen LogP) is 2.09. The van der Waals surface area contributed by atoms with Gasteiger partial charge < -0.3 is 10.4 Å². The monoisotopic (exact) mass is 227 g/mol. The van der Waals surface area contributed by atoms with Crippen molar-refractivity contribution in [2.75, 3.05) is 6.61 Å². The van der Waals surface area contributed by atoms with E-state index in [2.05, 4.69) is 26.1 Å². The Morgan fingerprint density at radius 2 is 1.94 bits per heavy atom. The Balaban J connectivity index is 2.50. The Morgan fingerprint density at radius 3 is 2.38 bits per heavy atom. The molecule has 0 aromatic heterocycles. The average molecular weight is 227 g/mol. The van der Waals surface area contributed by atoms with E-state index >= 15 is 0 Å². The summed E-state index contributed by atoms with van der Waals surface area (Å²) >= 11 is 0. The molecule has 1 atom stereocenters. The molecule has 0 aromatic carbocycles. The van der Waals surface area contributed by atoms with Gasteiger partial charge in [-0.3, -0.25) is 4.79 Å². The van der Waals surface area contributed by atoms with E-state index in [1.165, 1.54) is 12.8 Å². The number of hydrogen-bond acceptors (Lipinski definition) is 2. The number of aliphatic hydroxyl groups excluding tert-OH is 1. The lowest BCUT2D eigenvalue weighted by Crippen LogP contribution is -2.46. The molecule has 94 valence electrons. The minimum atomic E-state index is 0.0109. The summed E-state index contributed by atoms with van der Waals surface area (Å²) < 4.78 is 0. The Labute approximate surface area is 98.6 Å². The van der Waals surface area contributed by atoms with Gasteiger partial charge in [0.25, 0.3) is 0 Å². The van der Waals surface area contributed by atoms with Crippen LogP contribution in [0.3, 0.4) is 0 Å². The Hall–Kier alpha value is -0.570. The van der Waals surface area contributed by atoms with E-state index in [9.17, 15) is 4.79 Å². The first-order valence-electron chi connectivity index (χ1n) is 6.36. The van der Waals surface area contributed by atoms with Crippen molar-refractivity contribution < 1.29 is 9.90 Å². The van der Waals surface area contributed by atoms with E-state index in [1.807, 2.05) is 0 Å². The topological polar surface area (TPSA) is 49.3 Å². The summed E-state index contributed by atoms with van der Waals surface area (Å²) in [5, 5.41) is 12.1. The van der Waals surface area contributed by atoms with Crippen molar-refractivity contribution >= 4 is 5.91 Å². The molecule has 1 aliphatic carbocycles. The second-order valence-corrected chi connectivity index (χ2v) is 5.92. The van der Waals surface area contributed by atoms with Crippen molar-refractivity contribution in [1.82, 2.24) is 5.32 Å². The second-order valence-electron chi connectivity index (χ2n) is 5.92. The molecule has 0 radical (unpaired) electrons. The van der Waals surface area contributed by atoms with Crippen molar-refractivity contribution in [1.29, 1.82) is 0 Å². The smallest absolute Gasteiger partial charge is 0.223 e. The molecule has 1 saturated carbocycles. The van der Waals surface area contributed by atoms with Gasteiger partial charge in [-0.25, -0.2) is 0 Å². The van der Waals surface area contributed by atoms with Gasteiger partial charge >= 0.3 is 0 Å². The number of amides is 1. The van der Waals surface area contributed by atoms with Gasteiger partial charge in [0.05, 0.1) is 0 Å². The molecule has 2 N–H and O–H groups in total. The van der Waals surface area contributed by atoms with Crippen molar-refractivity contribution in [2.24, 2.45) is 11.3 Å². The van der Waals surface area contributed by atoms with Crippen LogP contribution in [0, 0.1) is 11.3 Å². The van der Waals surface area contributed by atoms with Gasteiger partial charge in [0.1, 0.15) is 0 Å². The highest BCUT2D eigenvalue weighted by Crippen LogP contribution is 2.27. The van der Waals surface area contributed by atoms with Crippen LogP contribution in [0.25, 0.3) is 0 Å². The molecule has 0 spiro atoms. The molecule has 1 aliphatic rings. The lowest BCUT2D eigenvalue weighted by Gasteiger charge is -2.32. The Bertz CT molecular complexity index is 227. The maximum absolute atomic E-state index is 12.0. The number of nitrogens with one attached hydrogen (secondary N) is 1. The zero-order valence-electron chi connectivity index (χ0n) is 10.8. The third-order valence-electron chi connectivity index (χ3n) is 3.51. The SMILES string of the molecule is CC(C)(C)C(CCO)NC(=O)C1CCCC1. The van der Waals surface area contributed by atoms with Crippen LogP contribution in [-0.4, -0.2) is 23.7 Å². The van der Waals surface area contributed by atoms with Crippen LogP contribution in [0.15, 0.2) is 0 Å².